The lowest BCUT2D eigenvalue weighted by molar-refractivity contribution is 1.18. The highest BCUT2D eigenvalue weighted by molar-refractivity contribution is 6.27. The second-order valence-electron chi connectivity index (χ2n) is 24.1. The monoisotopic (exact) mass is 1190 g/mol. The summed E-state index contributed by atoms with van der Waals surface area (Å²) in [5, 5.41) is 15.5. The van der Waals surface area contributed by atoms with E-state index in [1.165, 1.54) is 64.6 Å². The fourth-order valence-corrected chi connectivity index (χ4v) is 13.9. The van der Waals surface area contributed by atoms with Crippen LogP contribution in [0.1, 0.15) is 0 Å². The first-order valence-corrected chi connectivity index (χ1v) is 31.8. The number of hydrogen-bond donors (Lipinski definition) is 0. The molecule has 15 aromatic carbocycles. The van der Waals surface area contributed by atoms with Crippen molar-refractivity contribution in [2.24, 2.45) is 0 Å². The quantitative estimate of drug-likeness (QED) is 0.127. The van der Waals surface area contributed by atoms with Gasteiger partial charge in [-0.15, -0.1) is 0 Å². The second-order valence-corrected chi connectivity index (χ2v) is 24.1. The van der Waals surface area contributed by atoms with Crippen LogP contribution in [0.25, 0.3) is 188 Å². The summed E-state index contributed by atoms with van der Waals surface area (Å²) >= 11 is 0. The summed E-state index contributed by atoms with van der Waals surface area (Å²) in [5.41, 5.74) is 16.8. The highest BCUT2D eigenvalue weighted by Gasteiger charge is 2.22. The van der Waals surface area contributed by atoms with Gasteiger partial charge in [0.2, 0.25) is 0 Å². The van der Waals surface area contributed by atoms with Crippen LogP contribution in [0.2, 0.25) is 0 Å². The van der Waals surface area contributed by atoms with Crippen molar-refractivity contribution in [2.75, 3.05) is 0 Å². The van der Waals surface area contributed by atoms with E-state index in [1.54, 1.807) is 0 Å². The lowest BCUT2D eigenvalue weighted by Gasteiger charge is -2.17. The zero-order valence-corrected chi connectivity index (χ0v) is 50.9. The van der Waals surface area contributed by atoms with E-state index in [2.05, 4.69) is 255 Å². The predicted molar refractivity (Wildman–Crippen MR) is 390 cm³/mol. The molecule has 6 heteroatoms. The van der Waals surface area contributed by atoms with Crippen molar-refractivity contribution in [3.05, 3.63) is 328 Å². The van der Waals surface area contributed by atoms with Gasteiger partial charge < -0.3 is 0 Å². The molecule has 3 heterocycles. The third-order valence-corrected chi connectivity index (χ3v) is 18.5. The molecule has 436 valence electrons. The molecule has 0 saturated carbocycles. The minimum atomic E-state index is 0.587. The first-order valence-electron chi connectivity index (χ1n) is 31.8. The van der Waals surface area contributed by atoms with Gasteiger partial charge in [-0.2, -0.15) is 0 Å². The summed E-state index contributed by atoms with van der Waals surface area (Å²) in [6, 6.07) is 116. The Morgan fingerprint density at radius 1 is 0.149 bits per heavy atom. The van der Waals surface area contributed by atoms with Gasteiger partial charge in [-0.1, -0.05) is 291 Å². The number of benzene rings is 15. The van der Waals surface area contributed by atoms with Gasteiger partial charge in [0.05, 0.1) is 34.0 Å². The van der Waals surface area contributed by atoms with Crippen molar-refractivity contribution in [3.8, 4) is 113 Å². The van der Waals surface area contributed by atoms with E-state index in [-0.39, 0.29) is 0 Å². The number of rotatable bonds is 10. The van der Waals surface area contributed by atoms with E-state index in [9.17, 15) is 0 Å². The van der Waals surface area contributed by atoms with Crippen molar-refractivity contribution in [1.82, 2.24) is 29.9 Å². The molecular weight excluding hydrogens is 1140 g/mol. The predicted octanol–water partition coefficient (Wildman–Crippen LogP) is 22.8. The Labute approximate surface area is 542 Å². The van der Waals surface area contributed by atoms with E-state index in [0.29, 0.717) is 17.5 Å². The van der Waals surface area contributed by atoms with Crippen LogP contribution in [0, 0.1) is 0 Å². The summed E-state index contributed by atoms with van der Waals surface area (Å²) in [5.74, 6) is 1.85. The summed E-state index contributed by atoms with van der Waals surface area (Å²) in [7, 11) is 0. The molecule has 0 fully saturated rings. The number of nitrogens with zero attached hydrogens (tertiary/aromatic N) is 6. The van der Waals surface area contributed by atoms with Gasteiger partial charge in [-0.05, 0) is 118 Å². The van der Waals surface area contributed by atoms with E-state index < -0.39 is 0 Å². The van der Waals surface area contributed by atoms with Crippen LogP contribution in [0.5, 0.6) is 0 Å². The van der Waals surface area contributed by atoms with Gasteiger partial charge in [0, 0.05) is 55.5 Å². The summed E-state index contributed by atoms with van der Waals surface area (Å²) in [6.45, 7) is 0. The standard InChI is InChI=1S/C88H54N6/c1-5-21-55(22-6-1)80-53-81(56-23-7-2-8-24-56)90-86(89-80)60-39-37-59(38-40-60)84-79-52-65(63-45-47-74-70-33-15-13-29-66(70)68-31-17-19-35-72(68)77(74)49-63)51-76(64-46-48-75-71-34-16-14-30-67(71)69-32-18-20-36-73(69)78(75)50-64)85(79)94-88(93-84)62-43-41-61(42-44-62)87-91-82(57-25-9-3-10-26-57)54-83(92-87)58-27-11-4-12-28-58/h1-54H. The molecule has 0 saturated heterocycles. The molecule has 18 rings (SSSR count). The minimum Gasteiger partial charge on any atom is -0.228 e. The van der Waals surface area contributed by atoms with Gasteiger partial charge in [-0.25, -0.2) is 29.9 Å². The van der Waals surface area contributed by atoms with Crippen molar-refractivity contribution in [1.29, 1.82) is 0 Å². The average Bonchev–Trinajstić information content (AvgIpc) is 0.743. The smallest absolute Gasteiger partial charge is 0.160 e. The fraction of sp³-hybridized carbons (Fsp3) is 0. The summed E-state index contributed by atoms with van der Waals surface area (Å²) in [4.78, 5) is 32.3. The first-order chi connectivity index (χ1) is 46.6. The lowest BCUT2D eigenvalue weighted by Crippen LogP contribution is -1.99. The van der Waals surface area contributed by atoms with Crippen LogP contribution in [0.4, 0.5) is 0 Å². The van der Waals surface area contributed by atoms with Gasteiger partial charge in [-0.3, -0.25) is 0 Å². The zero-order chi connectivity index (χ0) is 62.1. The van der Waals surface area contributed by atoms with Crippen molar-refractivity contribution in [2.45, 2.75) is 0 Å². The normalized spacial score (nSPS) is 11.6. The zero-order valence-electron chi connectivity index (χ0n) is 50.9. The Morgan fingerprint density at radius 2 is 0.426 bits per heavy atom. The third-order valence-electron chi connectivity index (χ3n) is 18.5. The molecule has 0 aliphatic rings. The molecule has 0 aliphatic carbocycles. The van der Waals surface area contributed by atoms with Crippen LogP contribution in [-0.2, 0) is 0 Å². The third kappa shape index (κ3) is 9.59. The van der Waals surface area contributed by atoms with Gasteiger partial charge in [0.15, 0.2) is 17.5 Å². The van der Waals surface area contributed by atoms with Gasteiger partial charge in [0.25, 0.3) is 0 Å². The molecule has 18 aromatic rings. The Balaban J connectivity index is 0.871. The molecule has 0 aliphatic heterocycles. The van der Waals surface area contributed by atoms with Gasteiger partial charge in [0.1, 0.15) is 0 Å². The van der Waals surface area contributed by atoms with Crippen LogP contribution >= 0.6 is 0 Å². The Morgan fingerprint density at radius 3 is 0.798 bits per heavy atom. The highest BCUT2D eigenvalue weighted by Crippen LogP contribution is 2.45. The van der Waals surface area contributed by atoms with E-state index >= 15 is 0 Å². The van der Waals surface area contributed by atoms with Crippen molar-refractivity contribution < 1.29 is 0 Å². The molecule has 0 N–H and O–H groups in total. The maximum atomic E-state index is 5.75. The summed E-state index contributed by atoms with van der Waals surface area (Å²) in [6.07, 6.45) is 0. The molecule has 0 spiro atoms. The molecule has 0 atom stereocenters. The van der Waals surface area contributed by atoms with Crippen LogP contribution in [0.3, 0.4) is 0 Å². The molecule has 6 nitrogen and oxygen atoms in total. The van der Waals surface area contributed by atoms with Crippen LogP contribution in [0.15, 0.2) is 328 Å². The van der Waals surface area contributed by atoms with Crippen LogP contribution < -0.4 is 0 Å². The Bertz CT molecular complexity index is 5810. The second kappa shape index (κ2) is 22.7. The van der Waals surface area contributed by atoms with Crippen LogP contribution in [-0.4, -0.2) is 29.9 Å². The minimum absolute atomic E-state index is 0.587. The van der Waals surface area contributed by atoms with Gasteiger partial charge >= 0.3 is 0 Å². The fourth-order valence-electron chi connectivity index (χ4n) is 13.9. The molecule has 0 unspecified atom stereocenters. The largest absolute Gasteiger partial charge is 0.228 e. The van der Waals surface area contributed by atoms with Crippen molar-refractivity contribution >= 4 is 75.5 Å². The van der Waals surface area contributed by atoms with E-state index in [0.717, 1.165) is 106 Å². The molecular formula is C88H54N6. The first kappa shape index (κ1) is 54.3. The number of aromatic nitrogens is 6. The van der Waals surface area contributed by atoms with E-state index in [1.807, 2.05) is 72.8 Å². The Hall–Kier alpha value is -12.6. The topological polar surface area (TPSA) is 77.3 Å². The maximum absolute atomic E-state index is 5.75. The molecule has 94 heavy (non-hydrogen) atoms. The summed E-state index contributed by atoms with van der Waals surface area (Å²) < 4.78 is 0. The van der Waals surface area contributed by atoms with Crippen molar-refractivity contribution in [3.63, 3.8) is 0 Å². The molecule has 0 bridgehead atoms. The molecule has 0 radical (unpaired) electrons. The molecule has 3 aromatic heterocycles. The number of fused-ring (bicyclic) bond motifs is 13. The average molecular weight is 1200 g/mol. The SMILES string of the molecule is c1ccc(-c2cc(-c3ccccc3)nc(-c3ccc(-c4nc(-c5ccc(-c6nc(-c7ccccc7)cc(-c7ccccc7)n6)cc5)c5cc(-c6ccc7c8ccccc8c8ccccc8c7c6)cc(-c6ccc7c8ccccc8c8ccccc8c7c6)c5n4)cc3)n2)cc1. The Kier molecular flexibility index (Phi) is 13.1. The molecule has 0 amide bonds. The maximum Gasteiger partial charge on any atom is 0.160 e. The van der Waals surface area contributed by atoms with E-state index in [4.69, 9.17) is 29.9 Å². The lowest BCUT2D eigenvalue weighted by atomic mass is 9.88. The highest BCUT2D eigenvalue weighted by atomic mass is 14.9. The number of hydrogen-bond acceptors (Lipinski definition) is 6.